The van der Waals surface area contributed by atoms with E-state index in [0.717, 1.165) is 12.8 Å². The fourth-order valence-electron chi connectivity index (χ4n) is 6.95. The number of fused-ring (bicyclic) bond motifs is 1. The number of Topliss-reactive ketones (excluding diaryl/α,β-unsaturated/α-hetero) is 1. The summed E-state index contributed by atoms with van der Waals surface area (Å²) in [7, 11) is 1.67. The summed E-state index contributed by atoms with van der Waals surface area (Å²) < 4.78 is 6.05. The molecule has 1 N–H and O–H groups in total. The number of hydrogen-bond donors (Lipinski definition) is 1. The lowest BCUT2D eigenvalue weighted by Gasteiger charge is -2.48. The number of ether oxygens (including phenoxy) is 1. The van der Waals surface area contributed by atoms with Crippen LogP contribution in [0.4, 0.5) is 0 Å². The van der Waals surface area contributed by atoms with Crippen molar-refractivity contribution >= 4 is 11.7 Å². The number of epoxide rings is 1. The minimum atomic E-state index is -0.500. The number of likely N-dealkylation sites (tertiary alicyclic amines) is 1. The Balaban J connectivity index is 1.86. The van der Waals surface area contributed by atoms with E-state index >= 15 is 0 Å². The van der Waals surface area contributed by atoms with E-state index in [9.17, 15) is 14.7 Å². The van der Waals surface area contributed by atoms with Gasteiger partial charge in [0.15, 0.2) is 5.78 Å². The fraction of sp³-hybridized carbons (Fsp3) is 0.760. The van der Waals surface area contributed by atoms with E-state index in [1.165, 1.54) is 16.9 Å². The summed E-state index contributed by atoms with van der Waals surface area (Å²) in [4.78, 5) is 27.9. The normalized spacial score (nSPS) is 45.5. The van der Waals surface area contributed by atoms with E-state index in [0.29, 0.717) is 11.8 Å². The Kier molecular flexibility index (Phi) is 5.20. The number of rotatable bonds is 3. The van der Waals surface area contributed by atoms with E-state index in [2.05, 4.69) is 33.8 Å². The van der Waals surface area contributed by atoms with Crippen molar-refractivity contribution in [3.05, 3.63) is 23.0 Å². The molecule has 3 fully saturated rings. The largest absolute Gasteiger partial charge is 0.511 e. The summed E-state index contributed by atoms with van der Waals surface area (Å²) in [5.74, 6) is 0.201. The maximum absolute atomic E-state index is 13.3. The Bertz CT molecular complexity index is 827. The monoisotopic (exact) mass is 415 g/mol. The lowest BCUT2D eigenvalue weighted by Crippen LogP contribution is -2.46. The molecule has 0 bridgehead atoms. The second-order valence-corrected chi connectivity index (χ2v) is 10.7. The summed E-state index contributed by atoms with van der Waals surface area (Å²) in [6, 6.07) is -0.500. The molecule has 2 aliphatic carbocycles. The quantitative estimate of drug-likeness (QED) is 0.245. The zero-order valence-electron chi connectivity index (χ0n) is 19.4. The number of ketones is 1. The number of aliphatic hydroxyl groups is 1. The van der Waals surface area contributed by atoms with E-state index in [-0.39, 0.29) is 58.4 Å². The summed E-state index contributed by atoms with van der Waals surface area (Å²) >= 11 is 0. The van der Waals surface area contributed by atoms with Gasteiger partial charge in [-0.2, -0.15) is 0 Å². The highest BCUT2D eigenvalue weighted by Gasteiger charge is 2.62. The van der Waals surface area contributed by atoms with Gasteiger partial charge in [-0.1, -0.05) is 45.3 Å². The third-order valence-electron chi connectivity index (χ3n) is 8.56. The summed E-state index contributed by atoms with van der Waals surface area (Å²) in [6.45, 7) is 12.5. The zero-order chi connectivity index (χ0) is 22.1. The minimum Gasteiger partial charge on any atom is -0.511 e. The van der Waals surface area contributed by atoms with Gasteiger partial charge >= 0.3 is 0 Å². The molecule has 2 saturated heterocycles. The first-order valence-corrected chi connectivity index (χ1v) is 11.6. The first-order chi connectivity index (χ1) is 14.0. The predicted octanol–water partition coefficient (Wildman–Crippen LogP) is 4.29. The van der Waals surface area contributed by atoms with Gasteiger partial charge in [0.05, 0.1) is 17.7 Å². The number of allylic oxidation sites excluding steroid dienone is 2. The van der Waals surface area contributed by atoms with Crippen LogP contribution in [-0.4, -0.2) is 46.5 Å². The number of carbonyl (C=O) groups is 2. The molecule has 5 heteroatoms. The Morgan fingerprint density at radius 3 is 2.43 bits per heavy atom. The number of likely N-dealkylation sites (N-methyl/N-ethyl adjacent to an activating group) is 1. The Hall–Kier alpha value is -1.62. The van der Waals surface area contributed by atoms with Gasteiger partial charge in [0, 0.05) is 18.9 Å². The van der Waals surface area contributed by atoms with Crippen LogP contribution in [-0.2, 0) is 14.3 Å². The highest BCUT2D eigenvalue weighted by Crippen LogP contribution is 2.58. The molecule has 2 heterocycles. The van der Waals surface area contributed by atoms with Crippen LogP contribution in [0.5, 0.6) is 0 Å². The molecule has 5 nitrogen and oxygen atoms in total. The number of amides is 1. The average Bonchev–Trinajstić information content (AvgIpc) is 3.19. The molecule has 8 unspecified atom stereocenters. The van der Waals surface area contributed by atoms with Crippen LogP contribution >= 0.6 is 0 Å². The fourth-order valence-corrected chi connectivity index (χ4v) is 6.95. The molecule has 1 saturated carbocycles. The molecule has 0 spiro atoms. The SMILES string of the molecule is CC1=CC2CCCC(C)C2C(C(O)=C2C(=O)C(C(C)C)N(C)C2=O)C1C1(C)OC1C. The van der Waals surface area contributed by atoms with Crippen LogP contribution in [0.1, 0.15) is 60.8 Å². The third kappa shape index (κ3) is 2.99. The molecular weight excluding hydrogens is 378 g/mol. The van der Waals surface area contributed by atoms with Crippen molar-refractivity contribution in [1.82, 2.24) is 4.90 Å². The van der Waals surface area contributed by atoms with Crippen molar-refractivity contribution in [2.45, 2.75) is 78.6 Å². The molecule has 166 valence electrons. The maximum Gasteiger partial charge on any atom is 0.261 e. The number of aliphatic hydroxyl groups excluding tert-OH is 1. The lowest BCUT2D eigenvalue weighted by atomic mass is 9.56. The molecular formula is C25H37NO4. The molecule has 30 heavy (non-hydrogen) atoms. The summed E-state index contributed by atoms with van der Waals surface area (Å²) in [5, 5.41) is 11.7. The first-order valence-electron chi connectivity index (χ1n) is 11.6. The molecule has 0 aromatic carbocycles. The van der Waals surface area contributed by atoms with Crippen LogP contribution in [0.15, 0.2) is 23.0 Å². The van der Waals surface area contributed by atoms with Crippen LogP contribution in [0, 0.1) is 35.5 Å². The molecule has 0 aromatic rings. The standard InChI is InChI=1S/C25H37NO4/c1-12(2)21-23(28)19(24(29)26(21)7)22(27)18-17-13(3)9-8-10-16(17)11-14(4)20(18)25(6)15(5)30-25/h11-13,15-18,20-21,27H,8-10H2,1-7H3. The predicted molar refractivity (Wildman–Crippen MR) is 116 cm³/mol. The van der Waals surface area contributed by atoms with Gasteiger partial charge in [-0.15, -0.1) is 0 Å². The van der Waals surface area contributed by atoms with Gasteiger partial charge in [0.25, 0.3) is 5.91 Å². The highest BCUT2D eigenvalue weighted by atomic mass is 16.6. The Labute approximate surface area is 180 Å². The van der Waals surface area contributed by atoms with Crippen LogP contribution < -0.4 is 0 Å². The molecule has 1 amide bonds. The molecule has 2 aliphatic heterocycles. The van der Waals surface area contributed by atoms with Gasteiger partial charge in [0.2, 0.25) is 0 Å². The van der Waals surface area contributed by atoms with Crippen molar-refractivity contribution < 1.29 is 19.4 Å². The van der Waals surface area contributed by atoms with E-state index < -0.39 is 6.04 Å². The minimum absolute atomic E-state index is 0.00573. The van der Waals surface area contributed by atoms with E-state index in [1.54, 1.807) is 7.05 Å². The average molecular weight is 416 g/mol. The third-order valence-corrected chi connectivity index (χ3v) is 8.56. The topological polar surface area (TPSA) is 70.1 Å². The lowest BCUT2D eigenvalue weighted by molar-refractivity contribution is -0.126. The van der Waals surface area contributed by atoms with Gasteiger partial charge in [0.1, 0.15) is 11.3 Å². The second-order valence-electron chi connectivity index (χ2n) is 10.7. The summed E-state index contributed by atoms with van der Waals surface area (Å²) in [6.07, 6.45) is 5.88. The van der Waals surface area contributed by atoms with Crippen molar-refractivity contribution in [2.24, 2.45) is 35.5 Å². The van der Waals surface area contributed by atoms with E-state index in [1.807, 2.05) is 13.8 Å². The molecule has 8 atom stereocenters. The van der Waals surface area contributed by atoms with Gasteiger partial charge in [-0.3, -0.25) is 9.59 Å². The van der Waals surface area contributed by atoms with Crippen molar-refractivity contribution in [3.63, 3.8) is 0 Å². The van der Waals surface area contributed by atoms with E-state index in [4.69, 9.17) is 4.74 Å². The zero-order valence-corrected chi connectivity index (χ0v) is 19.4. The maximum atomic E-state index is 13.3. The van der Waals surface area contributed by atoms with Crippen LogP contribution in [0.3, 0.4) is 0 Å². The molecule has 0 radical (unpaired) electrons. The second kappa shape index (κ2) is 7.22. The van der Waals surface area contributed by atoms with Crippen LogP contribution in [0.25, 0.3) is 0 Å². The highest BCUT2D eigenvalue weighted by molar-refractivity contribution is 6.26. The summed E-state index contributed by atoms with van der Waals surface area (Å²) in [5.41, 5.74) is 0.881. The smallest absolute Gasteiger partial charge is 0.261 e. The Morgan fingerprint density at radius 1 is 1.27 bits per heavy atom. The van der Waals surface area contributed by atoms with Crippen molar-refractivity contribution in [2.75, 3.05) is 7.05 Å². The molecule has 0 aromatic heterocycles. The Morgan fingerprint density at radius 2 is 1.90 bits per heavy atom. The number of nitrogens with zero attached hydrogens (tertiary/aromatic N) is 1. The number of carbonyl (C=O) groups excluding carboxylic acids is 2. The molecule has 4 aliphatic rings. The molecule has 4 rings (SSSR count). The van der Waals surface area contributed by atoms with Crippen molar-refractivity contribution in [3.8, 4) is 0 Å². The van der Waals surface area contributed by atoms with Gasteiger partial charge < -0.3 is 14.7 Å². The van der Waals surface area contributed by atoms with Crippen LogP contribution in [0.2, 0.25) is 0 Å². The number of hydrogen-bond acceptors (Lipinski definition) is 4. The first kappa shape index (κ1) is 21.6. The van der Waals surface area contributed by atoms with Crippen molar-refractivity contribution in [1.29, 1.82) is 0 Å². The van der Waals surface area contributed by atoms with Gasteiger partial charge in [-0.25, -0.2) is 0 Å². The van der Waals surface area contributed by atoms with Gasteiger partial charge in [-0.05, 0) is 50.9 Å².